The summed E-state index contributed by atoms with van der Waals surface area (Å²) in [7, 11) is -3.49. The van der Waals surface area contributed by atoms with Gasteiger partial charge in [0.15, 0.2) is 0 Å². The Morgan fingerprint density at radius 3 is 2.05 bits per heavy atom. The molecule has 1 unspecified atom stereocenters. The largest absolute Gasteiger partial charge is 0.243 e. The predicted molar refractivity (Wildman–Crippen MR) is 90.2 cm³/mol. The lowest BCUT2D eigenvalue weighted by atomic mass is 10.0. The average Bonchev–Trinajstić information content (AvgIpc) is 2.53. The second kappa shape index (κ2) is 7.07. The topological polar surface area (TPSA) is 37.4 Å². The van der Waals surface area contributed by atoms with E-state index in [4.69, 9.17) is 0 Å². The van der Waals surface area contributed by atoms with Gasteiger partial charge in [0.2, 0.25) is 10.0 Å². The molecule has 0 bridgehead atoms. The van der Waals surface area contributed by atoms with Crippen LogP contribution in [0.5, 0.6) is 0 Å². The molecule has 0 fully saturated rings. The number of rotatable bonds is 6. The third kappa shape index (κ3) is 3.39. The van der Waals surface area contributed by atoms with E-state index in [1.165, 1.54) is 0 Å². The molecule has 0 radical (unpaired) electrons. The number of sulfonamides is 1. The van der Waals surface area contributed by atoms with Gasteiger partial charge in [0, 0.05) is 12.6 Å². The number of nitrogens with zero attached hydrogens (tertiary/aromatic N) is 1. The Kier molecular flexibility index (Phi) is 5.37. The van der Waals surface area contributed by atoms with Crippen LogP contribution in [0.15, 0.2) is 59.5 Å². The van der Waals surface area contributed by atoms with Crippen molar-refractivity contribution in [1.82, 2.24) is 4.31 Å². The van der Waals surface area contributed by atoms with Gasteiger partial charge in [-0.05, 0) is 31.0 Å². The second-order valence-electron chi connectivity index (χ2n) is 5.36. The summed E-state index contributed by atoms with van der Waals surface area (Å²) in [5.41, 5.74) is 2.08. The summed E-state index contributed by atoms with van der Waals surface area (Å²) >= 11 is 0. The summed E-state index contributed by atoms with van der Waals surface area (Å²) in [6.45, 7) is 6.30. The van der Waals surface area contributed by atoms with E-state index in [-0.39, 0.29) is 6.04 Å². The zero-order valence-electron chi connectivity index (χ0n) is 13.4. The molecule has 0 N–H and O–H groups in total. The molecule has 2 rings (SSSR count). The van der Waals surface area contributed by atoms with Crippen LogP contribution in [0.1, 0.15) is 37.4 Å². The summed E-state index contributed by atoms with van der Waals surface area (Å²) in [4.78, 5) is 0.356. The Labute approximate surface area is 133 Å². The molecule has 0 aliphatic carbocycles. The first-order chi connectivity index (χ1) is 10.5. The maximum absolute atomic E-state index is 13.0. The van der Waals surface area contributed by atoms with Gasteiger partial charge >= 0.3 is 0 Å². The molecule has 2 aromatic rings. The number of hydrogen-bond acceptors (Lipinski definition) is 2. The monoisotopic (exact) mass is 317 g/mol. The van der Waals surface area contributed by atoms with Crippen LogP contribution >= 0.6 is 0 Å². The van der Waals surface area contributed by atoms with Crippen molar-refractivity contribution < 1.29 is 8.42 Å². The molecule has 1 atom stereocenters. The Bertz CT molecular complexity index is 694. The predicted octanol–water partition coefficient (Wildman–Crippen LogP) is 4.16. The smallest absolute Gasteiger partial charge is 0.207 e. The van der Waals surface area contributed by atoms with Crippen molar-refractivity contribution in [3.8, 4) is 0 Å². The van der Waals surface area contributed by atoms with E-state index in [9.17, 15) is 8.42 Å². The van der Waals surface area contributed by atoms with Crippen LogP contribution in [0.3, 0.4) is 0 Å². The van der Waals surface area contributed by atoms with Crippen molar-refractivity contribution in [2.75, 3.05) is 6.54 Å². The molecule has 4 heteroatoms. The summed E-state index contributed by atoms with van der Waals surface area (Å²) < 4.78 is 27.5. The minimum atomic E-state index is -3.49. The maximum atomic E-state index is 13.0. The van der Waals surface area contributed by atoms with Crippen molar-refractivity contribution in [3.63, 3.8) is 0 Å². The van der Waals surface area contributed by atoms with Crippen LogP contribution in [-0.2, 0) is 10.0 Å². The lowest BCUT2D eigenvalue weighted by Crippen LogP contribution is -2.34. The van der Waals surface area contributed by atoms with E-state index in [0.29, 0.717) is 11.4 Å². The van der Waals surface area contributed by atoms with Crippen molar-refractivity contribution in [1.29, 1.82) is 0 Å². The van der Waals surface area contributed by atoms with E-state index in [1.807, 2.05) is 63.2 Å². The van der Waals surface area contributed by atoms with Crippen LogP contribution in [-0.4, -0.2) is 19.3 Å². The van der Waals surface area contributed by atoms with Gasteiger partial charge in [-0.15, -0.1) is 0 Å². The van der Waals surface area contributed by atoms with Crippen LogP contribution < -0.4 is 0 Å². The van der Waals surface area contributed by atoms with Gasteiger partial charge in [0.25, 0.3) is 0 Å². The van der Waals surface area contributed by atoms with Crippen LogP contribution in [0.4, 0.5) is 0 Å². The van der Waals surface area contributed by atoms with Gasteiger partial charge in [-0.25, -0.2) is 8.42 Å². The second-order valence-corrected chi connectivity index (χ2v) is 7.25. The molecule has 0 spiro atoms. The van der Waals surface area contributed by atoms with Gasteiger partial charge in [-0.1, -0.05) is 61.9 Å². The summed E-state index contributed by atoms with van der Waals surface area (Å²) in [5, 5.41) is 0. The Morgan fingerprint density at radius 1 is 0.955 bits per heavy atom. The normalized spacial score (nSPS) is 13.3. The number of benzene rings is 2. The van der Waals surface area contributed by atoms with Gasteiger partial charge in [-0.3, -0.25) is 0 Å². The molecule has 118 valence electrons. The van der Waals surface area contributed by atoms with Crippen LogP contribution in [0.25, 0.3) is 0 Å². The molecule has 0 aliphatic rings. The van der Waals surface area contributed by atoms with Crippen molar-refractivity contribution in [2.45, 2.75) is 38.1 Å². The highest BCUT2D eigenvalue weighted by Gasteiger charge is 2.30. The van der Waals surface area contributed by atoms with Crippen molar-refractivity contribution in [2.24, 2.45) is 0 Å². The first-order valence-corrected chi connectivity index (χ1v) is 9.08. The summed E-state index contributed by atoms with van der Waals surface area (Å²) in [6, 6.07) is 16.7. The quantitative estimate of drug-likeness (QED) is 0.802. The van der Waals surface area contributed by atoms with Crippen molar-refractivity contribution in [3.05, 3.63) is 65.7 Å². The van der Waals surface area contributed by atoms with Crippen molar-refractivity contribution >= 4 is 10.0 Å². The van der Waals surface area contributed by atoms with Gasteiger partial charge in [0.05, 0.1) is 4.90 Å². The fourth-order valence-electron chi connectivity index (χ4n) is 2.68. The lowest BCUT2D eigenvalue weighted by Gasteiger charge is -2.29. The Hall–Kier alpha value is -1.65. The highest BCUT2D eigenvalue weighted by molar-refractivity contribution is 7.89. The lowest BCUT2D eigenvalue weighted by molar-refractivity contribution is 0.329. The SMILES string of the molecule is CCC(c1ccccc1)N(CC)S(=O)(=O)c1ccc(C)cc1. The molecule has 0 saturated carbocycles. The van der Waals surface area contributed by atoms with E-state index in [2.05, 4.69) is 0 Å². The average molecular weight is 317 g/mol. The van der Waals surface area contributed by atoms with Crippen LogP contribution in [0, 0.1) is 6.92 Å². The number of hydrogen-bond donors (Lipinski definition) is 0. The molecule has 22 heavy (non-hydrogen) atoms. The first-order valence-electron chi connectivity index (χ1n) is 7.64. The molecular weight excluding hydrogens is 294 g/mol. The van der Waals surface area contributed by atoms with Gasteiger partial charge < -0.3 is 0 Å². The molecular formula is C18H23NO2S. The molecule has 0 aromatic heterocycles. The third-order valence-electron chi connectivity index (χ3n) is 3.86. The van der Waals surface area contributed by atoms with E-state index >= 15 is 0 Å². The van der Waals surface area contributed by atoms with E-state index < -0.39 is 10.0 Å². The zero-order valence-corrected chi connectivity index (χ0v) is 14.2. The third-order valence-corrected chi connectivity index (χ3v) is 5.86. The summed E-state index contributed by atoms with van der Waals surface area (Å²) in [5.74, 6) is 0. The maximum Gasteiger partial charge on any atom is 0.243 e. The Morgan fingerprint density at radius 2 is 1.55 bits per heavy atom. The molecule has 0 amide bonds. The van der Waals surface area contributed by atoms with Crippen LogP contribution in [0.2, 0.25) is 0 Å². The summed E-state index contributed by atoms with van der Waals surface area (Å²) in [6.07, 6.45) is 0.739. The first kappa shape index (κ1) is 16.7. The highest BCUT2D eigenvalue weighted by atomic mass is 32.2. The molecule has 0 saturated heterocycles. The number of aryl methyl sites for hydroxylation is 1. The minimum absolute atomic E-state index is 0.141. The fourth-order valence-corrected chi connectivity index (χ4v) is 4.38. The van der Waals surface area contributed by atoms with Gasteiger partial charge in [0.1, 0.15) is 0 Å². The molecule has 3 nitrogen and oxygen atoms in total. The molecule has 0 heterocycles. The van der Waals surface area contributed by atoms with E-state index in [1.54, 1.807) is 16.4 Å². The van der Waals surface area contributed by atoms with E-state index in [0.717, 1.165) is 17.5 Å². The standard InChI is InChI=1S/C18H23NO2S/c1-4-18(16-9-7-6-8-10-16)19(5-2)22(20,21)17-13-11-15(3)12-14-17/h6-14,18H,4-5H2,1-3H3. The highest BCUT2D eigenvalue weighted by Crippen LogP contribution is 2.29. The zero-order chi connectivity index (χ0) is 16.2. The minimum Gasteiger partial charge on any atom is -0.207 e. The fraction of sp³-hybridized carbons (Fsp3) is 0.333. The molecule has 0 aliphatic heterocycles. The Balaban J connectivity index is 2.43. The molecule has 2 aromatic carbocycles. The van der Waals surface area contributed by atoms with Gasteiger partial charge in [-0.2, -0.15) is 4.31 Å².